The van der Waals surface area contributed by atoms with Crippen LogP contribution in [-0.4, -0.2) is 23.9 Å². The molecule has 1 aromatic carbocycles. The topological polar surface area (TPSA) is 66.0 Å². The Hall–Kier alpha value is -2.10. The summed E-state index contributed by atoms with van der Waals surface area (Å²) in [5, 5.41) is 8.79. The summed E-state index contributed by atoms with van der Waals surface area (Å²) in [5.41, 5.74) is 7.46. The molecule has 4 heteroatoms. The van der Waals surface area contributed by atoms with E-state index in [4.69, 9.17) is 16.1 Å². The van der Waals surface area contributed by atoms with Crippen molar-refractivity contribution in [1.82, 2.24) is 4.98 Å². The number of fused-ring (bicyclic) bond motifs is 1. The van der Waals surface area contributed by atoms with E-state index >= 15 is 0 Å². The van der Waals surface area contributed by atoms with Gasteiger partial charge in [-0.25, -0.2) is 4.98 Å². The standard InChI is InChI=1S/C17H22N4/c1-11-7-12(2)10-21(9-11)16-8-14(17(18)19)13-5-3-4-6-15(13)20-16/h3-6,8,11-12H,7,9-10H2,1-2H3,(H3,18,19). The number of para-hydroxylation sites is 1. The van der Waals surface area contributed by atoms with Gasteiger partial charge in [0.25, 0.3) is 0 Å². The van der Waals surface area contributed by atoms with Crippen LogP contribution < -0.4 is 10.6 Å². The van der Waals surface area contributed by atoms with Gasteiger partial charge in [0.2, 0.25) is 0 Å². The minimum atomic E-state index is 0.105. The van der Waals surface area contributed by atoms with Crippen molar-refractivity contribution < 1.29 is 0 Å². The molecule has 2 heterocycles. The Morgan fingerprint density at radius 1 is 1.24 bits per heavy atom. The lowest BCUT2D eigenvalue weighted by Gasteiger charge is -2.36. The summed E-state index contributed by atoms with van der Waals surface area (Å²) < 4.78 is 0. The smallest absolute Gasteiger partial charge is 0.130 e. The first-order chi connectivity index (χ1) is 10.0. The molecule has 0 spiro atoms. The quantitative estimate of drug-likeness (QED) is 0.657. The van der Waals surface area contributed by atoms with Gasteiger partial charge in [-0.1, -0.05) is 32.0 Å². The first-order valence-corrected chi connectivity index (χ1v) is 7.53. The monoisotopic (exact) mass is 282 g/mol. The van der Waals surface area contributed by atoms with E-state index in [0.29, 0.717) is 11.8 Å². The van der Waals surface area contributed by atoms with Crippen LogP contribution in [0.25, 0.3) is 10.9 Å². The third-order valence-corrected chi connectivity index (χ3v) is 4.19. The molecule has 0 radical (unpaired) electrons. The van der Waals surface area contributed by atoms with E-state index in [1.54, 1.807) is 0 Å². The molecule has 2 atom stereocenters. The lowest BCUT2D eigenvalue weighted by Crippen LogP contribution is -2.39. The van der Waals surface area contributed by atoms with Crippen molar-refractivity contribution >= 4 is 22.6 Å². The second-order valence-corrected chi connectivity index (χ2v) is 6.31. The van der Waals surface area contributed by atoms with Crippen molar-refractivity contribution in [2.75, 3.05) is 18.0 Å². The Labute approximate surface area is 125 Å². The zero-order valence-corrected chi connectivity index (χ0v) is 12.6. The third-order valence-electron chi connectivity index (χ3n) is 4.19. The van der Waals surface area contributed by atoms with Crippen LogP contribution in [0.2, 0.25) is 0 Å². The van der Waals surface area contributed by atoms with Gasteiger partial charge in [-0.05, 0) is 30.4 Å². The predicted molar refractivity (Wildman–Crippen MR) is 87.9 cm³/mol. The van der Waals surface area contributed by atoms with Crippen LogP contribution in [0.1, 0.15) is 25.8 Å². The second-order valence-electron chi connectivity index (χ2n) is 6.31. The van der Waals surface area contributed by atoms with Crippen LogP contribution in [0.5, 0.6) is 0 Å². The second kappa shape index (κ2) is 5.35. The van der Waals surface area contributed by atoms with Crippen molar-refractivity contribution in [2.45, 2.75) is 20.3 Å². The number of anilines is 1. The van der Waals surface area contributed by atoms with Gasteiger partial charge < -0.3 is 10.6 Å². The molecular formula is C17H22N4. The first kappa shape index (κ1) is 13.9. The van der Waals surface area contributed by atoms with Gasteiger partial charge >= 0.3 is 0 Å². The van der Waals surface area contributed by atoms with Crippen LogP contribution in [0.15, 0.2) is 30.3 Å². The zero-order chi connectivity index (χ0) is 15.0. The van der Waals surface area contributed by atoms with E-state index in [9.17, 15) is 0 Å². The summed E-state index contributed by atoms with van der Waals surface area (Å²) >= 11 is 0. The van der Waals surface area contributed by atoms with E-state index in [1.165, 1.54) is 6.42 Å². The number of nitrogens with two attached hydrogens (primary N) is 1. The molecule has 2 aromatic rings. The van der Waals surface area contributed by atoms with Crippen molar-refractivity contribution in [3.05, 3.63) is 35.9 Å². The van der Waals surface area contributed by atoms with E-state index in [0.717, 1.165) is 35.4 Å². The summed E-state index contributed by atoms with van der Waals surface area (Å²) in [7, 11) is 0. The molecule has 1 aromatic heterocycles. The number of nitrogens with zero attached hydrogens (tertiary/aromatic N) is 2. The highest BCUT2D eigenvalue weighted by atomic mass is 15.2. The fraction of sp³-hybridized carbons (Fsp3) is 0.412. The zero-order valence-electron chi connectivity index (χ0n) is 12.6. The molecule has 1 aliphatic heterocycles. The number of piperidine rings is 1. The molecule has 21 heavy (non-hydrogen) atoms. The molecule has 4 nitrogen and oxygen atoms in total. The highest BCUT2D eigenvalue weighted by molar-refractivity contribution is 6.07. The highest BCUT2D eigenvalue weighted by Crippen LogP contribution is 2.28. The maximum Gasteiger partial charge on any atom is 0.130 e. The van der Waals surface area contributed by atoms with Gasteiger partial charge in [-0.15, -0.1) is 0 Å². The lowest BCUT2D eigenvalue weighted by molar-refractivity contribution is 0.355. The molecule has 3 rings (SSSR count). The summed E-state index contributed by atoms with van der Waals surface area (Å²) in [6, 6.07) is 9.87. The number of hydrogen-bond donors (Lipinski definition) is 2. The maximum absolute atomic E-state index is 7.84. The molecule has 0 aliphatic carbocycles. The molecule has 110 valence electrons. The fourth-order valence-electron chi connectivity index (χ4n) is 3.40. The van der Waals surface area contributed by atoms with Crippen molar-refractivity contribution in [3.63, 3.8) is 0 Å². The van der Waals surface area contributed by atoms with Gasteiger partial charge in [0.15, 0.2) is 0 Å². The Bertz CT molecular complexity index is 670. The maximum atomic E-state index is 7.84. The highest BCUT2D eigenvalue weighted by Gasteiger charge is 2.23. The molecule has 1 saturated heterocycles. The number of hydrogen-bond acceptors (Lipinski definition) is 3. The number of nitrogens with one attached hydrogen (secondary N) is 1. The summed E-state index contributed by atoms with van der Waals surface area (Å²) in [5.74, 6) is 2.39. The van der Waals surface area contributed by atoms with Gasteiger partial charge in [-0.3, -0.25) is 5.41 Å². The molecule has 0 bridgehead atoms. The lowest BCUT2D eigenvalue weighted by atomic mass is 9.92. The normalized spacial score (nSPS) is 22.5. The average Bonchev–Trinajstić information content (AvgIpc) is 2.45. The Morgan fingerprint density at radius 3 is 2.57 bits per heavy atom. The number of benzene rings is 1. The predicted octanol–water partition coefficient (Wildman–Crippen LogP) is 3.00. The molecule has 3 N–H and O–H groups in total. The molecule has 2 unspecified atom stereocenters. The van der Waals surface area contributed by atoms with Gasteiger partial charge in [0.05, 0.1) is 5.52 Å². The first-order valence-electron chi connectivity index (χ1n) is 7.53. The largest absolute Gasteiger partial charge is 0.384 e. The van der Waals surface area contributed by atoms with Crippen LogP contribution in [0.3, 0.4) is 0 Å². The fourth-order valence-corrected chi connectivity index (χ4v) is 3.40. The summed E-state index contributed by atoms with van der Waals surface area (Å²) in [6.45, 7) is 6.62. The average molecular weight is 282 g/mol. The number of aromatic nitrogens is 1. The summed E-state index contributed by atoms with van der Waals surface area (Å²) in [4.78, 5) is 7.12. The molecule has 0 saturated carbocycles. The SMILES string of the molecule is CC1CC(C)CN(c2cc(C(=N)N)c3ccccc3n2)C1. The van der Waals surface area contributed by atoms with Gasteiger partial charge in [0.1, 0.15) is 11.7 Å². The number of rotatable bonds is 2. The molecule has 0 amide bonds. The van der Waals surface area contributed by atoms with E-state index in [2.05, 4.69) is 18.7 Å². The Morgan fingerprint density at radius 2 is 1.90 bits per heavy atom. The Balaban J connectivity index is 2.08. The third kappa shape index (κ3) is 2.71. The van der Waals surface area contributed by atoms with Crippen LogP contribution >= 0.6 is 0 Å². The summed E-state index contributed by atoms with van der Waals surface area (Å²) in [6.07, 6.45) is 1.27. The van der Waals surface area contributed by atoms with Crippen molar-refractivity contribution in [1.29, 1.82) is 5.41 Å². The van der Waals surface area contributed by atoms with Crippen molar-refractivity contribution in [3.8, 4) is 0 Å². The van der Waals surface area contributed by atoms with Crippen LogP contribution in [0, 0.1) is 17.2 Å². The molecular weight excluding hydrogens is 260 g/mol. The minimum Gasteiger partial charge on any atom is -0.384 e. The van der Waals surface area contributed by atoms with Crippen molar-refractivity contribution in [2.24, 2.45) is 17.6 Å². The molecule has 1 fully saturated rings. The van der Waals surface area contributed by atoms with Crippen LogP contribution in [-0.2, 0) is 0 Å². The molecule has 1 aliphatic rings. The van der Waals surface area contributed by atoms with Gasteiger partial charge in [-0.2, -0.15) is 0 Å². The number of amidine groups is 1. The van der Waals surface area contributed by atoms with E-state index in [-0.39, 0.29) is 5.84 Å². The number of pyridine rings is 1. The van der Waals surface area contributed by atoms with Crippen LogP contribution in [0.4, 0.5) is 5.82 Å². The Kier molecular flexibility index (Phi) is 3.53. The van der Waals surface area contributed by atoms with Gasteiger partial charge in [0, 0.05) is 24.0 Å². The van der Waals surface area contributed by atoms with E-state index in [1.807, 2.05) is 30.3 Å². The number of nitrogen functional groups attached to an aromatic ring is 1. The van der Waals surface area contributed by atoms with E-state index < -0.39 is 0 Å². The minimum absolute atomic E-state index is 0.105.